The van der Waals surface area contributed by atoms with Crippen molar-refractivity contribution in [1.29, 1.82) is 0 Å². The van der Waals surface area contributed by atoms with Crippen molar-refractivity contribution in [3.8, 4) is 0 Å². The summed E-state index contributed by atoms with van der Waals surface area (Å²) in [6.45, 7) is 2.85. The summed E-state index contributed by atoms with van der Waals surface area (Å²) in [5, 5.41) is 12.1. The van der Waals surface area contributed by atoms with Gasteiger partial charge in [-0.2, -0.15) is 11.8 Å². The molecule has 0 spiro atoms. The maximum Gasteiger partial charge on any atom is 0.155 e. The lowest BCUT2D eigenvalue weighted by Crippen LogP contribution is -2.49. The molecule has 0 radical (unpaired) electrons. The van der Waals surface area contributed by atoms with Crippen LogP contribution in [0.2, 0.25) is 0 Å². The van der Waals surface area contributed by atoms with Crippen LogP contribution in [0.15, 0.2) is 29.7 Å². The summed E-state index contributed by atoms with van der Waals surface area (Å²) >= 11 is 1.68. The Morgan fingerprint density at radius 2 is 2.11 bits per heavy atom. The number of nitrogens with zero attached hydrogens (tertiary/aromatic N) is 3. The Morgan fingerprint density at radius 3 is 2.63 bits per heavy atom. The van der Waals surface area contributed by atoms with Gasteiger partial charge < -0.3 is 10.9 Å². The number of oxime groups is 1. The lowest BCUT2D eigenvalue weighted by molar-refractivity contribution is 0.209. The third kappa shape index (κ3) is 3.19. The van der Waals surface area contributed by atoms with Gasteiger partial charge in [-0.1, -0.05) is 5.16 Å². The Kier molecular flexibility index (Phi) is 4.66. The van der Waals surface area contributed by atoms with Crippen molar-refractivity contribution in [3.05, 3.63) is 30.1 Å². The summed E-state index contributed by atoms with van der Waals surface area (Å²) in [6, 6.07) is 4.08. The molecule has 1 saturated heterocycles. The van der Waals surface area contributed by atoms with Crippen LogP contribution >= 0.6 is 11.8 Å². The average molecular weight is 280 g/mol. The highest BCUT2D eigenvalue weighted by Gasteiger charge is 2.38. The molecule has 1 aromatic heterocycles. The van der Waals surface area contributed by atoms with Gasteiger partial charge in [0.2, 0.25) is 0 Å². The van der Waals surface area contributed by atoms with E-state index in [0.717, 1.165) is 32.5 Å². The summed E-state index contributed by atoms with van der Waals surface area (Å²) in [6.07, 6.45) is 7.49. The van der Waals surface area contributed by atoms with Gasteiger partial charge in [-0.25, -0.2) is 0 Å². The molecule has 0 unspecified atom stereocenters. The topological polar surface area (TPSA) is 74.7 Å². The molecule has 0 saturated carbocycles. The fourth-order valence-corrected chi connectivity index (χ4v) is 3.32. The van der Waals surface area contributed by atoms with Gasteiger partial charge in [0, 0.05) is 32.0 Å². The standard InChI is InChI=1S/C13H20N4OS/c1-19-13(12(14)16-18)4-8-17(9-5-13)10-11-2-6-15-7-3-11/h2-3,6-7,18H,4-5,8-10H2,1H3,(H2,14,16). The van der Waals surface area contributed by atoms with E-state index in [9.17, 15) is 0 Å². The number of thioether (sulfide) groups is 1. The fourth-order valence-electron chi connectivity index (χ4n) is 2.47. The minimum atomic E-state index is -0.205. The van der Waals surface area contributed by atoms with Gasteiger partial charge in [0.1, 0.15) is 0 Å². The third-order valence-corrected chi connectivity index (χ3v) is 5.18. The van der Waals surface area contributed by atoms with Gasteiger partial charge in [-0.3, -0.25) is 9.88 Å². The van der Waals surface area contributed by atoms with Crippen molar-refractivity contribution < 1.29 is 5.21 Å². The Balaban J connectivity index is 1.95. The molecule has 2 rings (SSSR count). The minimum absolute atomic E-state index is 0.205. The van der Waals surface area contributed by atoms with Gasteiger partial charge >= 0.3 is 0 Å². The zero-order chi connectivity index (χ0) is 13.7. The van der Waals surface area contributed by atoms with E-state index in [-0.39, 0.29) is 4.75 Å². The first-order valence-corrected chi connectivity index (χ1v) is 7.57. The predicted octanol–water partition coefficient (Wildman–Crippen LogP) is 1.53. The Bertz CT molecular complexity index is 430. The molecule has 0 aromatic carbocycles. The van der Waals surface area contributed by atoms with Crippen molar-refractivity contribution in [2.75, 3.05) is 19.3 Å². The summed E-state index contributed by atoms with van der Waals surface area (Å²) in [5.74, 6) is 0.351. The van der Waals surface area contributed by atoms with Crippen molar-refractivity contribution >= 4 is 17.6 Å². The second kappa shape index (κ2) is 6.25. The van der Waals surface area contributed by atoms with Gasteiger partial charge in [0.05, 0.1) is 4.75 Å². The number of hydrogen-bond donors (Lipinski definition) is 2. The Hall–Kier alpha value is -1.27. The second-order valence-electron chi connectivity index (χ2n) is 4.82. The SMILES string of the molecule is CSC1(C(N)=NO)CCN(Cc2ccncc2)CC1. The summed E-state index contributed by atoms with van der Waals surface area (Å²) in [5.41, 5.74) is 7.12. The van der Waals surface area contributed by atoms with Crippen LogP contribution < -0.4 is 5.73 Å². The third-order valence-electron chi connectivity index (χ3n) is 3.78. The first-order valence-electron chi connectivity index (χ1n) is 6.34. The molecular weight excluding hydrogens is 260 g/mol. The molecule has 0 bridgehead atoms. The van der Waals surface area contributed by atoms with Crippen LogP contribution in [-0.2, 0) is 6.54 Å². The number of hydrogen-bond acceptors (Lipinski definition) is 5. The molecule has 1 fully saturated rings. The fraction of sp³-hybridized carbons (Fsp3) is 0.538. The number of likely N-dealkylation sites (tertiary alicyclic amines) is 1. The number of piperidine rings is 1. The van der Waals surface area contributed by atoms with E-state index in [4.69, 9.17) is 10.9 Å². The van der Waals surface area contributed by atoms with E-state index < -0.39 is 0 Å². The molecule has 1 aromatic rings. The van der Waals surface area contributed by atoms with Crippen molar-refractivity contribution in [2.24, 2.45) is 10.9 Å². The van der Waals surface area contributed by atoms with Crippen LogP contribution in [0.5, 0.6) is 0 Å². The highest BCUT2D eigenvalue weighted by molar-refractivity contribution is 8.00. The smallest absolute Gasteiger partial charge is 0.155 e. The number of aromatic nitrogens is 1. The highest BCUT2D eigenvalue weighted by Crippen LogP contribution is 2.35. The van der Waals surface area contributed by atoms with Crippen molar-refractivity contribution in [3.63, 3.8) is 0 Å². The summed E-state index contributed by atoms with van der Waals surface area (Å²) < 4.78 is -0.205. The molecular formula is C13H20N4OS. The molecule has 19 heavy (non-hydrogen) atoms. The zero-order valence-corrected chi connectivity index (χ0v) is 11.9. The van der Waals surface area contributed by atoms with Gasteiger partial charge in [-0.05, 0) is 36.8 Å². The van der Waals surface area contributed by atoms with E-state index in [1.165, 1.54) is 5.56 Å². The van der Waals surface area contributed by atoms with E-state index in [0.29, 0.717) is 5.84 Å². The molecule has 0 aliphatic carbocycles. The van der Waals surface area contributed by atoms with Gasteiger partial charge in [0.15, 0.2) is 5.84 Å². The predicted molar refractivity (Wildman–Crippen MR) is 78.4 cm³/mol. The van der Waals surface area contributed by atoms with Crippen molar-refractivity contribution in [2.45, 2.75) is 24.1 Å². The molecule has 0 atom stereocenters. The van der Waals surface area contributed by atoms with Crippen LogP contribution in [-0.4, -0.2) is 45.0 Å². The van der Waals surface area contributed by atoms with Crippen LogP contribution in [0.4, 0.5) is 0 Å². The van der Waals surface area contributed by atoms with E-state index >= 15 is 0 Å². The van der Waals surface area contributed by atoms with Crippen LogP contribution in [0.25, 0.3) is 0 Å². The Morgan fingerprint density at radius 1 is 1.47 bits per heavy atom. The maximum atomic E-state index is 8.91. The number of amidine groups is 1. The highest BCUT2D eigenvalue weighted by atomic mass is 32.2. The largest absolute Gasteiger partial charge is 0.409 e. The Labute approximate surface area is 117 Å². The summed E-state index contributed by atoms with van der Waals surface area (Å²) in [4.78, 5) is 6.42. The number of rotatable bonds is 4. The average Bonchev–Trinajstić information content (AvgIpc) is 2.48. The molecule has 1 aliphatic heterocycles. The quantitative estimate of drug-likeness (QED) is 0.378. The maximum absolute atomic E-state index is 8.91. The van der Waals surface area contributed by atoms with E-state index in [1.807, 2.05) is 30.8 Å². The molecule has 0 amide bonds. The van der Waals surface area contributed by atoms with E-state index in [2.05, 4.69) is 15.0 Å². The van der Waals surface area contributed by atoms with Crippen LogP contribution in [0.1, 0.15) is 18.4 Å². The molecule has 1 aliphatic rings. The number of nitrogens with two attached hydrogens (primary N) is 1. The van der Waals surface area contributed by atoms with Crippen LogP contribution in [0.3, 0.4) is 0 Å². The summed E-state index contributed by atoms with van der Waals surface area (Å²) in [7, 11) is 0. The number of pyridine rings is 1. The van der Waals surface area contributed by atoms with Crippen molar-refractivity contribution in [1.82, 2.24) is 9.88 Å². The van der Waals surface area contributed by atoms with Gasteiger partial charge in [-0.15, -0.1) is 0 Å². The molecule has 5 nitrogen and oxygen atoms in total. The van der Waals surface area contributed by atoms with Gasteiger partial charge in [0.25, 0.3) is 0 Å². The lowest BCUT2D eigenvalue weighted by Gasteiger charge is -2.39. The lowest BCUT2D eigenvalue weighted by atomic mass is 9.94. The first-order chi connectivity index (χ1) is 9.20. The molecule has 104 valence electrons. The van der Waals surface area contributed by atoms with E-state index in [1.54, 1.807) is 11.8 Å². The molecule has 2 heterocycles. The molecule has 6 heteroatoms. The molecule has 3 N–H and O–H groups in total. The van der Waals surface area contributed by atoms with Crippen LogP contribution in [0, 0.1) is 0 Å². The minimum Gasteiger partial charge on any atom is -0.409 e. The zero-order valence-electron chi connectivity index (χ0n) is 11.1. The second-order valence-corrected chi connectivity index (χ2v) is 6.00. The first kappa shape index (κ1) is 14.1. The monoisotopic (exact) mass is 280 g/mol. The normalized spacial score (nSPS) is 20.4.